The molecule has 0 aliphatic heterocycles. The first-order valence-corrected chi connectivity index (χ1v) is 7.84. The summed E-state index contributed by atoms with van der Waals surface area (Å²) in [6.45, 7) is 1.92. The van der Waals surface area contributed by atoms with Crippen molar-refractivity contribution in [2.24, 2.45) is 0 Å². The molecule has 0 fully saturated rings. The molecular formula is C17H17ClN4O2. The fraction of sp³-hybridized carbons (Fsp3) is 0.235. The van der Waals surface area contributed by atoms with Gasteiger partial charge in [-0.2, -0.15) is 0 Å². The number of hydrogen-bond acceptors (Lipinski definition) is 5. The number of nitrogens with one attached hydrogen (secondary N) is 1. The quantitative estimate of drug-likeness (QED) is 0.736. The van der Waals surface area contributed by atoms with Crippen molar-refractivity contribution in [3.05, 3.63) is 57.5 Å². The van der Waals surface area contributed by atoms with Crippen molar-refractivity contribution in [2.75, 3.05) is 19.5 Å². The summed E-state index contributed by atoms with van der Waals surface area (Å²) in [5, 5.41) is 3.15. The van der Waals surface area contributed by atoms with Gasteiger partial charge in [0.25, 0.3) is 5.56 Å². The third-order valence-electron chi connectivity index (χ3n) is 3.92. The molecule has 0 saturated carbocycles. The summed E-state index contributed by atoms with van der Waals surface area (Å²) in [5.41, 5.74) is 1.63. The summed E-state index contributed by atoms with van der Waals surface area (Å²) in [5.74, 6) is 0.961. The van der Waals surface area contributed by atoms with Crippen LogP contribution in [0.15, 0.2) is 41.2 Å². The normalized spacial score (nSPS) is 12.2. The molecule has 0 bridgehead atoms. The van der Waals surface area contributed by atoms with E-state index in [0.717, 1.165) is 5.56 Å². The minimum absolute atomic E-state index is 0.258. The third-order valence-corrected chi connectivity index (χ3v) is 4.13. The van der Waals surface area contributed by atoms with E-state index in [-0.39, 0.29) is 17.4 Å². The number of ether oxygens (including phenoxy) is 1. The molecule has 0 aliphatic carbocycles. The Hall–Kier alpha value is -2.60. The summed E-state index contributed by atoms with van der Waals surface area (Å²) in [6, 6.07) is 10.7. The van der Waals surface area contributed by atoms with Gasteiger partial charge in [0.2, 0.25) is 0 Å². The molecule has 0 radical (unpaired) electrons. The summed E-state index contributed by atoms with van der Waals surface area (Å²) in [7, 11) is 3.27. The Labute approximate surface area is 144 Å². The molecule has 0 saturated heterocycles. The van der Waals surface area contributed by atoms with Crippen LogP contribution in [-0.2, 0) is 0 Å². The number of aromatic nitrogens is 3. The van der Waals surface area contributed by atoms with Gasteiger partial charge in [0.05, 0.1) is 13.2 Å². The molecule has 1 aromatic carbocycles. The summed E-state index contributed by atoms with van der Waals surface area (Å²) < 4.78 is 7.01. The number of para-hydroxylation sites is 1. The lowest BCUT2D eigenvalue weighted by atomic mass is 10.1. The van der Waals surface area contributed by atoms with Gasteiger partial charge in [0.1, 0.15) is 16.4 Å². The Morgan fingerprint density at radius 3 is 2.67 bits per heavy atom. The fourth-order valence-corrected chi connectivity index (χ4v) is 2.88. The van der Waals surface area contributed by atoms with Crippen molar-refractivity contribution in [3.8, 4) is 5.75 Å². The molecular weight excluding hydrogens is 328 g/mol. The highest BCUT2D eigenvalue weighted by atomic mass is 35.5. The number of fused-ring (bicyclic) bond motifs is 1. The maximum Gasteiger partial charge on any atom is 0.295 e. The molecule has 3 aromatic rings. The van der Waals surface area contributed by atoms with E-state index in [1.807, 2.05) is 31.2 Å². The van der Waals surface area contributed by atoms with E-state index in [0.29, 0.717) is 22.1 Å². The van der Waals surface area contributed by atoms with Crippen LogP contribution in [0.25, 0.3) is 11.2 Å². The monoisotopic (exact) mass is 344 g/mol. The Morgan fingerprint density at radius 1 is 1.21 bits per heavy atom. The molecule has 1 atom stereocenters. The highest BCUT2D eigenvalue weighted by molar-refractivity contribution is 6.29. The minimum atomic E-state index is -0.308. The van der Waals surface area contributed by atoms with Gasteiger partial charge >= 0.3 is 0 Å². The van der Waals surface area contributed by atoms with Crippen molar-refractivity contribution in [2.45, 2.75) is 13.0 Å². The predicted molar refractivity (Wildman–Crippen MR) is 95.2 cm³/mol. The fourth-order valence-electron chi connectivity index (χ4n) is 2.73. The van der Waals surface area contributed by atoms with E-state index in [1.54, 1.807) is 30.9 Å². The second-order valence-electron chi connectivity index (χ2n) is 5.28. The van der Waals surface area contributed by atoms with Gasteiger partial charge < -0.3 is 10.1 Å². The average Bonchev–Trinajstić information content (AvgIpc) is 2.60. The van der Waals surface area contributed by atoms with Crippen LogP contribution in [0.1, 0.15) is 18.5 Å². The first kappa shape index (κ1) is 16.3. The van der Waals surface area contributed by atoms with Crippen LogP contribution in [0.4, 0.5) is 5.82 Å². The Bertz CT molecular complexity index is 955. The molecule has 2 heterocycles. The molecule has 0 spiro atoms. The van der Waals surface area contributed by atoms with Gasteiger partial charge in [-0.3, -0.25) is 9.36 Å². The number of methoxy groups -OCH3 is 1. The summed E-state index contributed by atoms with van der Waals surface area (Å²) in [4.78, 5) is 21.5. The Kier molecular flexibility index (Phi) is 4.40. The average molecular weight is 345 g/mol. The lowest BCUT2D eigenvalue weighted by Crippen LogP contribution is -2.28. The summed E-state index contributed by atoms with van der Waals surface area (Å²) >= 11 is 6.03. The number of halogens is 1. The zero-order valence-corrected chi connectivity index (χ0v) is 14.3. The molecule has 2 aromatic heterocycles. The van der Waals surface area contributed by atoms with Crippen LogP contribution >= 0.6 is 11.6 Å². The van der Waals surface area contributed by atoms with Crippen LogP contribution in [0.2, 0.25) is 5.15 Å². The zero-order valence-electron chi connectivity index (χ0n) is 13.6. The van der Waals surface area contributed by atoms with E-state index in [2.05, 4.69) is 15.3 Å². The number of benzene rings is 1. The Balaban J connectivity index is 2.33. The van der Waals surface area contributed by atoms with Crippen LogP contribution in [-0.4, -0.2) is 28.7 Å². The molecule has 3 rings (SSSR count). The molecule has 0 aliphatic rings. The Morgan fingerprint density at radius 2 is 1.96 bits per heavy atom. The van der Waals surface area contributed by atoms with Crippen molar-refractivity contribution in [3.63, 3.8) is 0 Å². The smallest absolute Gasteiger partial charge is 0.295 e. The first-order valence-electron chi connectivity index (χ1n) is 7.46. The van der Waals surface area contributed by atoms with Crippen LogP contribution in [0.5, 0.6) is 5.75 Å². The molecule has 24 heavy (non-hydrogen) atoms. The number of nitrogens with zero attached hydrogens (tertiary/aromatic N) is 3. The van der Waals surface area contributed by atoms with E-state index in [4.69, 9.17) is 16.3 Å². The molecule has 0 unspecified atom stereocenters. The number of pyridine rings is 1. The van der Waals surface area contributed by atoms with Crippen molar-refractivity contribution in [1.82, 2.24) is 14.5 Å². The van der Waals surface area contributed by atoms with E-state index >= 15 is 0 Å². The topological polar surface area (TPSA) is 69.0 Å². The van der Waals surface area contributed by atoms with Gasteiger partial charge in [-0.1, -0.05) is 29.8 Å². The third kappa shape index (κ3) is 2.69. The van der Waals surface area contributed by atoms with E-state index in [9.17, 15) is 4.79 Å². The maximum atomic E-state index is 12.9. The maximum absolute atomic E-state index is 12.9. The highest BCUT2D eigenvalue weighted by Gasteiger charge is 2.20. The predicted octanol–water partition coefficient (Wildman–Crippen LogP) is 3.10. The van der Waals surface area contributed by atoms with Crippen molar-refractivity contribution < 1.29 is 4.74 Å². The number of anilines is 1. The minimum Gasteiger partial charge on any atom is -0.496 e. The van der Waals surface area contributed by atoms with Crippen LogP contribution in [0, 0.1) is 0 Å². The van der Waals surface area contributed by atoms with Gasteiger partial charge in [0, 0.05) is 12.6 Å². The van der Waals surface area contributed by atoms with Gasteiger partial charge in [-0.05, 0) is 25.1 Å². The molecule has 0 amide bonds. The molecule has 6 nitrogen and oxygen atoms in total. The van der Waals surface area contributed by atoms with Gasteiger partial charge in [-0.25, -0.2) is 9.97 Å². The largest absolute Gasteiger partial charge is 0.496 e. The van der Waals surface area contributed by atoms with E-state index in [1.165, 1.54) is 0 Å². The first-order chi connectivity index (χ1) is 11.6. The lowest BCUT2D eigenvalue weighted by molar-refractivity contribution is 0.403. The van der Waals surface area contributed by atoms with Crippen molar-refractivity contribution in [1.29, 1.82) is 0 Å². The van der Waals surface area contributed by atoms with Crippen LogP contribution in [0.3, 0.4) is 0 Å². The van der Waals surface area contributed by atoms with Gasteiger partial charge in [0.15, 0.2) is 11.5 Å². The molecule has 7 heteroatoms. The highest BCUT2D eigenvalue weighted by Crippen LogP contribution is 2.28. The zero-order chi connectivity index (χ0) is 17.3. The number of hydrogen-bond donors (Lipinski definition) is 1. The SMILES string of the molecule is CNc1nc2ccc(Cl)nc2n([C@@H](C)c2ccccc2OC)c1=O. The van der Waals surface area contributed by atoms with Crippen LogP contribution < -0.4 is 15.6 Å². The second-order valence-corrected chi connectivity index (χ2v) is 5.67. The van der Waals surface area contributed by atoms with Gasteiger partial charge in [-0.15, -0.1) is 0 Å². The van der Waals surface area contributed by atoms with Crippen molar-refractivity contribution >= 4 is 28.6 Å². The number of rotatable bonds is 4. The standard InChI is InChI=1S/C17H17ClN4O2/c1-10(11-6-4-5-7-13(11)24-3)22-16-12(8-9-14(18)21-16)20-15(19-2)17(22)23/h4-10H,1-3H3,(H,19,20)/t10-/m0/s1. The summed E-state index contributed by atoms with van der Waals surface area (Å²) in [6.07, 6.45) is 0. The lowest BCUT2D eigenvalue weighted by Gasteiger charge is -2.20. The molecule has 1 N–H and O–H groups in total. The second kappa shape index (κ2) is 6.49. The molecule has 124 valence electrons. The van der Waals surface area contributed by atoms with E-state index < -0.39 is 0 Å².